The number of esters is 2. The summed E-state index contributed by atoms with van der Waals surface area (Å²) < 4.78 is 16.4. The van der Waals surface area contributed by atoms with Gasteiger partial charge in [0.05, 0.1) is 17.5 Å². The molecule has 5 rings (SSSR count). The summed E-state index contributed by atoms with van der Waals surface area (Å²) in [6.45, 7) is 7.68. The Kier molecular flexibility index (Phi) is 11.1. The molecular weight excluding hydrogens is 570 g/mol. The van der Waals surface area contributed by atoms with Crippen LogP contribution in [0.1, 0.15) is 44.9 Å². The minimum absolute atomic E-state index is 0.00499. The van der Waals surface area contributed by atoms with Gasteiger partial charge in [-0.05, 0) is 30.2 Å². The first kappa shape index (κ1) is 32.1. The van der Waals surface area contributed by atoms with Crippen LogP contribution in [0, 0.1) is 0 Å². The minimum atomic E-state index is -0.604. The zero-order chi connectivity index (χ0) is 31.6. The maximum absolute atomic E-state index is 11.4. The zero-order valence-corrected chi connectivity index (χ0v) is 26.2. The zero-order valence-electron chi connectivity index (χ0n) is 26.2. The molecule has 1 aromatic heterocycles. The number of carbonyl (C=O) groups is 2. The number of fused-ring (bicyclic) bond motifs is 1. The SMILES string of the molecule is CC(=O)OC[C@H]1O[C@H](CCO/N=C(\C)CCN2CCc3nc(-c4ccccc4)c(-c4ccccc4)cc3C2)C=C[C@@H]1OC(C)=O. The lowest BCUT2D eigenvalue weighted by atomic mass is 9.94. The number of hydrogen-bond donors (Lipinski definition) is 0. The second-order valence-electron chi connectivity index (χ2n) is 11.4. The molecule has 0 N–H and O–H groups in total. The normalized spacial score (nSPS) is 19.9. The summed E-state index contributed by atoms with van der Waals surface area (Å²) in [6.07, 6.45) is 4.43. The fourth-order valence-electron chi connectivity index (χ4n) is 5.57. The quantitative estimate of drug-likeness (QED) is 0.0838. The molecule has 0 amide bonds. The Morgan fingerprint density at radius 2 is 1.71 bits per heavy atom. The van der Waals surface area contributed by atoms with Crippen LogP contribution in [-0.2, 0) is 41.6 Å². The summed E-state index contributed by atoms with van der Waals surface area (Å²) in [6, 6.07) is 23.2. The lowest BCUT2D eigenvalue weighted by molar-refractivity contribution is -0.164. The van der Waals surface area contributed by atoms with Crippen LogP contribution in [0.3, 0.4) is 0 Å². The van der Waals surface area contributed by atoms with Crippen LogP contribution in [0.25, 0.3) is 22.4 Å². The predicted molar refractivity (Wildman–Crippen MR) is 172 cm³/mol. The number of carbonyl (C=O) groups excluding carboxylic acids is 2. The lowest BCUT2D eigenvalue weighted by Crippen LogP contribution is -2.41. The number of aromatic nitrogens is 1. The molecule has 0 fully saturated rings. The number of rotatable bonds is 12. The third kappa shape index (κ3) is 9.09. The first-order chi connectivity index (χ1) is 21.9. The molecule has 2 aliphatic rings. The molecular formula is C36H41N3O6. The van der Waals surface area contributed by atoms with E-state index in [9.17, 15) is 9.59 Å². The van der Waals surface area contributed by atoms with E-state index in [4.69, 9.17) is 24.0 Å². The molecule has 0 bridgehead atoms. The van der Waals surface area contributed by atoms with E-state index >= 15 is 0 Å². The van der Waals surface area contributed by atoms with Gasteiger partial charge in [0.25, 0.3) is 0 Å². The van der Waals surface area contributed by atoms with Crippen molar-refractivity contribution in [1.82, 2.24) is 9.88 Å². The molecule has 0 aliphatic carbocycles. The Labute approximate surface area is 264 Å². The second kappa shape index (κ2) is 15.6. The van der Waals surface area contributed by atoms with Crippen molar-refractivity contribution in [2.45, 2.75) is 64.9 Å². The van der Waals surface area contributed by atoms with Crippen LogP contribution in [-0.4, -0.2) is 72.1 Å². The average molecular weight is 612 g/mol. The smallest absolute Gasteiger partial charge is 0.303 e. The van der Waals surface area contributed by atoms with Gasteiger partial charge in [-0.25, -0.2) is 0 Å². The molecule has 3 aromatic rings. The predicted octanol–water partition coefficient (Wildman–Crippen LogP) is 5.76. The van der Waals surface area contributed by atoms with Crippen LogP contribution in [0.2, 0.25) is 0 Å². The summed E-state index contributed by atoms with van der Waals surface area (Å²) in [5.41, 5.74) is 7.86. The molecule has 0 unspecified atom stereocenters. The molecule has 3 heterocycles. The van der Waals surface area contributed by atoms with Gasteiger partial charge < -0.3 is 19.0 Å². The van der Waals surface area contributed by atoms with E-state index in [0.717, 1.165) is 55.0 Å². The van der Waals surface area contributed by atoms with E-state index in [0.29, 0.717) is 13.0 Å². The highest BCUT2D eigenvalue weighted by Gasteiger charge is 2.30. The van der Waals surface area contributed by atoms with E-state index in [1.807, 2.05) is 25.1 Å². The fraction of sp³-hybridized carbons (Fsp3) is 0.389. The number of benzene rings is 2. The van der Waals surface area contributed by atoms with Gasteiger partial charge in [-0.2, -0.15) is 0 Å². The Hall–Kier alpha value is -4.34. The van der Waals surface area contributed by atoms with Gasteiger partial charge in [0.2, 0.25) is 0 Å². The molecule has 9 nitrogen and oxygen atoms in total. The summed E-state index contributed by atoms with van der Waals surface area (Å²) in [4.78, 5) is 35.9. The summed E-state index contributed by atoms with van der Waals surface area (Å²) >= 11 is 0. The molecule has 2 aliphatic heterocycles. The van der Waals surface area contributed by atoms with Gasteiger partial charge in [0.1, 0.15) is 25.4 Å². The summed E-state index contributed by atoms with van der Waals surface area (Å²) in [5, 5.41) is 4.33. The molecule has 0 saturated carbocycles. The van der Waals surface area contributed by atoms with Gasteiger partial charge in [0.15, 0.2) is 0 Å². The van der Waals surface area contributed by atoms with Crippen molar-refractivity contribution >= 4 is 17.7 Å². The lowest BCUT2D eigenvalue weighted by Gasteiger charge is -2.31. The Bertz CT molecular complexity index is 1510. The number of oxime groups is 1. The monoisotopic (exact) mass is 611 g/mol. The standard InChI is InChI=1S/C36H41N3O6/c1-25(38-43-21-18-31-14-15-34(44-27(3)41)35(45-31)24-42-26(2)40)16-19-39-20-17-33-30(23-39)22-32(28-10-6-4-7-11-28)36(37-33)29-12-8-5-9-13-29/h4-15,22,31,34-35H,16-21,23-24H2,1-3H3/b38-25+/t31-,34-,35+/m0/s1. The summed E-state index contributed by atoms with van der Waals surface area (Å²) in [5.74, 6) is -0.841. The first-order valence-electron chi connectivity index (χ1n) is 15.5. The second-order valence-corrected chi connectivity index (χ2v) is 11.4. The number of nitrogens with zero attached hydrogens (tertiary/aromatic N) is 3. The highest BCUT2D eigenvalue weighted by Crippen LogP contribution is 2.34. The average Bonchev–Trinajstić information content (AvgIpc) is 3.05. The van der Waals surface area contributed by atoms with Crippen LogP contribution in [0.5, 0.6) is 0 Å². The van der Waals surface area contributed by atoms with Crippen molar-refractivity contribution in [3.8, 4) is 22.4 Å². The van der Waals surface area contributed by atoms with Crippen LogP contribution >= 0.6 is 0 Å². The van der Waals surface area contributed by atoms with Crippen LogP contribution in [0.15, 0.2) is 84.0 Å². The van der Waals surface area contributed by atoms with Crippen molar-refractivity contribution < 1.29 is 28.6 Å². The van der Waals surface area contributed by atoms with E-state index in [1.54, 1.807) is 6.08 Å². The van der Waals surface area contributed by atoms with Gasteiger partial charge in [-0.15, -0.1) is 0 Å². The van der Waals surface area contributed by atoms with Gasteiger partial charge >= 0.3 is 11.9 Å². The number of ether oxygens (including phenoxy) is 3. The fourth-order valence-corrected chi connectivity index (χ4v) is 5.57. The Morgan fingerprint density at radius 1 is 0.978 bits per heavy atom. The highest BCUT2D eigenvalue weighted by molar-refractivity contribution is 5.82. The van der Waals surface area contributed by atoms with Crippen LogP contribution in [0.4, 0.5) is 0 Å². The van der Waals surface area contributed by atoms with Crippen molar-refractivity contribution in [1.29, 1.82) is 0 Å². The van der Waals surface area contributed by atoms with Crippen LogP contribution < -0.4 is 0 Å². The largest absolute Gasteiger partial charge is 0.463 e. The third-order valence-electron chi connectivity index (χ3n) is 7.87. The van der Waals surface area contributed by atoms with Crippen molar-refractivity contribution in [3.05, 3.63) is 90.1 Å². The maximum atomic E-state index is 11.4. The number of hydrogen-bond acceptors (Lipinski definition) is 9. The molecule has 0 radical (unpaired) electrons. The topological polar surface area (TPSA) is 99.6 Å². The van der Waals surface area contributed by atoms with E-state index < -0.39 is 24.1 Å². The van der Waals surface area contributed by atoms with Crippen molar-refractivity contribution in [3.63, 3.8) is 0 Å². The summed E-state index contributed by atoms with van der Waals surface area (Å²) in [7, 11) is 0. The Morgan fingerprint density at radius 3 is 2.42 bits per heavy atom. The van der Waals surface area contributed by atoms with E-state index in [-0.39, 0.29) is 12.7 Å². The molecule has 2 aromatic carbocycles. The minimum Gasteiger partial charge on any atom is -0.463 e. The van der Waals surface area contributed by atoms with E-state index in [2.05, 4.69) is 64.7 Å². The van der Waals surface area contributed by atoms with Gasteiger partial charge in [-0.3, -0.25) is 19.5 Å². The molecule has 0 saturated heterocycles. The third-order valence-corrected chi connectivity index (χ3v) is 7.87. The van der Waals surface area contributed by atoms with Crippen molar-refractivity contribution in [2.24, 2.45) is 5.16 Å². The highest BCUT2D eigenvalue weighted by atomic mass is 16.6. The molecule has 236 valence electrons. The molecule has 3 atom stereocenters. The van der Waals surface area contributed by atoms with Crippen molar-refractivity contribution in [2.75, 3.05) is 26.3 Å². The number of pyridine rings is 1. The molecule has 45 heavy (non-hydrogen) atoms. The van der Waals surface area contributed by atoms with E-state index in [1.165, 1.54) is 30.7 Å². The molecule has 9 heteroatoms. The first-order valence-corrected chi connectivity index (χ1v) is 15.5. The van der Waals surface area contributed by atoms with Gasteiger partial charge in [-0.1, -0.05) is 71.9 Å². The maximum Gasteiger partial charge on any atom is 0.303 e. The Balaban J connectivity index is 1.13. The van der Waals surface area contributed by atoms with Gasteiger partial charge in [0, 0.05) is 69.6 Å². The molecule has 0 spiro atoms.